The van der Waals surface area contributed by atoms with Gasteiger partial charge < -0.3 is 19.7 Å². The third-order valence-corrected chi connectivity index (χ3v) is 4.38. The van der Waals surface area contributed by atoms with Crippen LogP contribution in [-0.4, -0.2) is 29.4 Å². The molecule has 3 atom stereocenters. The minimum atomic E-state index is -0.420. The van der Waals surface area contributed by atoms with Crippen molar-refractivity contribution in [2.24, 2.45) is 5.73 Å². The molecule has 0 aliphatic carbocycles. The molecular formula is C15H17N3O3. The monoisotopic (exact) mass is 287 g/mol. The van der Waals surface area contributed by atoms with Crippen molar-refractivity contribution in [2.45, 2.75) is 30.9 Å². The van der Waals surface area contributed by atoms with E-state index in [2.05, 4.69) is 16.2 Å². The van der Waals surface area contributed by atoms with E-state index in [-0.39, 0.29) is 12.1 Å². The molecule has 2 aliphatic heterocycles. The summed E-state index contributed by atoms with van der Waals surface area (Å²) in [5.74, 6) is 1.99. The summed E-state index contributed by atoms with van der Waals surface area (Å²) in [6, 6.07) is 7.84. The highest BCUT2D eigenvalue weighted by atomic mass is 16.5. The van der Waals surface area contributed by atoms with Gasteiger partial charge in [0.15, 0.2) is 6.10 Å². The quantitative estimate of drug-likeness (QED) is 0.898. The molecule has 0 amide bonds. The van der Waals surface area contributed by atoms with Crippen LogP contribution in [0.4, 0.5) is 0 Å². The summed E-state index contributed by atoms with van der Waals surface area (Å²) in [5, 5.41) is 4.08. The minimum absolute atomic E-state index is 0.132. The summed E-state index contributed by atoms with van der Waals surface area (Å²) in [6.45, 7) is 3.01. The summed E-state index contributed by atoms with van der Waals surface area (Å²) >= 11 is 0. The van der Waals surface area contributed by atoms with Gasteiger partial charge in [0.2, 0.25) is 11.7 Å². The Morgan fingerprint density at radius 1 is 1.33 bits per heavy atom. The van der Waals surface area contributed by atoms with E-state index in [1.165, 1.54) is 5.56 Å². The van der Waals surface area contributed by atoms with Gasteiger partial charge in [0, 0.05) is 12.5 Å². The van der Waals surface area contributed by atoms with Crippen molar-refractivity contribution in [3.63, 3.8) is 0 Å². The van der Waals surface area contributed by atoms with Crippen LogP contribution in [0.25, 0.3) is 0 Å². The zero-order valence-corrected chi connectivity index (χ0v) is 11.8. The molecule has 1 aromatic carbocycles. The maximum atomic E-state index is 6.09. The molecule has 110 valence electrons. The summed E-state index contributed by atoms with van der Waals surface area (Å²) < 4.78 is 16.7. The second-order valence-electron chi connectivity index (χ2n) is 5.92. The molecule has 3 heterocycles. The van der Waals surface area contributed by atoms with Crippen LogP contribution in [-0.2, 0) is 16.6 Å². The second-order valence-corrected chi connectivity index (χ2v) is 5.92. The number of hydrogen-bond acceptors (Lipinski definition) is 6. The van der Waals surface area contributed by atoms with Crippen LogP contribution in [0.15, 0.2) is 28.8 Å². The molecule has 0 radical (unpaired) electrons. The summed E-state index contributed by atoms with van der Waals surface area (Å²) in [4.78, 5) is 4.52. The zero-order chi connectivity index (χ0) is 14.4. The van der Waals surface area contributed by atoms with E-state index >= 15 is 0 Å². The Hall–Kier alpha value is -1.92. The number of ether oxygens (including phenoxy) is 2. The smallest absolute Gasteiger partial charge is 0.236 e. The van der Waals surface area contributed by atoms with Crippen LogP contribution >= 0.6 is 0 Å². The average Bonchev–Trinajstić information content (AvgIpc) is 3.18. The van der Waals surface area contributed by atoms with Gasteiger partial charge in [0.25, 0.3) is 0 Å². The molecule has 0 bridgehead atoms. The molecule has 0 spiro atoms. The fourth-order valence-corrected chi connectivity index (χ4v) is 2.83. The van der Waals surface area contributed by atoms with E-state index < -0.39 is 5.41 Å². The van der Waals surface area contributed by atoms with Gasteiger partial charge in [0.1, 0.15) is 5.75 Å². The van der Waals surface area contributed by atoms with Crippen LogP contribution in [0.2, 0.25) is 0 Å². The van der Waals surface area contributed by atoms with Crippen molar-refractivity contribution in [3.05, 3.63) is 41.5 Å². The summed E-state index contributed by atoms with van der Waals surface area (Å²) in [6.07, 6.45) is 0.566. The van der Waals surface area contributed by atoms with Crippen molar-refractivity contribution < 1.29 is 14.0 Å². The first kappa shape index (κ1) is 12.8. The molecule has 1 fully saturated rings. The fourth-order valence-electron chi connectivity index (χ4n) is 2.83. The second kappa shape index (κ2) is 4.54. The molecule has 21 heavy (non-hydrogen) atoms. The van der Waals surface area contributed by atoms with Gasteiger partial charge in [-0.25, -0.2) is 0 Å². The molecule has 1 aromatic heterocycles. The molecule has 2 N–H and O–H groups in total. The lowest BCUT2D eigenvalue weighted by Crippen LogP contribution is -2.42. The number of nitrogens with zero attached hydrogens (tertiary/aromatic N) is 2. The standard InChI is InChI=1S/C15H17N3O3/c1-15(8-19-7-12(15)16)14-17-13(18-21-14)11-6-9-4-2-3-5-10(9)20-11/h2-5,11-12H,6-8,16H2,1H3. The summed E-state index contributed by atoms with van der Waals surface area (Å²) in [5.41, 5.74) is 6.84. The van der Waals surface area contributed by atoms with Crippen molar-refractivity contribution in [3.8, 4) is 5.75 Å². The van der Waals surface area contributed by atoms with Crippen molar-refractivity contribution in [1.82, 2.24) is 10.1 Å². The lowest BCUT2D eigenvalue weighted by Gasteiger charge is -2.21. The molecule has 6 nitrogen and oxygen atoms in total. The van der Waals surface area contributed by atoms with Crippen molar-refractivity contribution in [2.75, 3.05) is 13.2 Å². The molecule has 6 heteroatoms. The Morgan fingerprint density at radius 2 is 2.19 bits per heavy atom. The van der Waals surface area contributed by atoms with Crippen LogP contribution in [0.3, 0.4) is 0 Å². The lowest BCUT2D eigenvalue weighted by molar-refractivity contribution is 0.169. The van der Waals surface area contributed by atoms with Gasteiger partial charge in [0.05, 0.1) is 18.6 Å². The van der Waals surface area contributed by atoms with E-state index in [1.54, 1.807) is 0 Å². The van der Waals surface area contributed by atoms with Gasteiger partial charge in [-0.15, -0.1) is 0 Å². The first-order valence-corrected chi connectivity index (χ1v) is 7.09. The first-order chi connectivity index (χ1) is 10.2. The van der Waals surface area contributed by atoms with E-state index in [1.807, 2.05) is 25.1 Å². The highest BCUT2D eigenvalue weighted by Gasteiger charge is 2.44. The molecule has 2 aliphatic rings. The maximum Gasteiger partial charge on any atom is 0.236 e. The van der Waals surface area contributed by atoms with Crippen molar-refractivity contribution in [1.29, 1.82) is 0 Å². The summed E-state index contributed by atoms with van der Waals surface area (Å²) in [7, 11) is 0. The van der Waals surface area contributed by atoms with Crippen LogP contribution in [0.5, 0.6) is 5.75 Å². The fraction of sp³-hybridized carbons (Fsp3) is 0.467. The Bertz CT molecular complexity index is 647. The van der Waals surface area contributed by atoms with E-state index in [9.17, 15) is 0 Å². The topological polar surface area (TPSA) is 83.4 Å². The number of hydrogen-bond donors (Lipinski definition) is 1. The van der Waals surface area contributed by atoms with Crippen molar-refractivity contribution >= 4 is 0 Å². The normalized spacial score (nSPS) is 31.1. The third-order valence-electron chi connectivity index (χ3n) is 4.38. The van der Waals surface area contributed by atoms with Crippen LogP contribution < -0.4 is 10.5 Å². The molecule has 0 saturated carbocycles. The SMILES string of the molecule is CC1(c2nc(C3Cc4ccccc4O3)no2)COCC1N. The number of fused-ring (bicyclic) bond motifs is 1. The number of rotatable bonds is 2. The molecule has 4 rings (SSSR count). The predicted octanol–water partition coefficient (Wildman–Crippen LogP) is 1.36. The Labute approximate surface area is 122 Å². The Kier molecular flexibility index (Phi) is 2.77. The number of benzene rings is 1. The maximum absolute atomic E-state index is 6.09. The van der Waals surface area contributed by atoms with Gasteiger partial charge in [-0.3, -0.25) is 0 Å². The molecule has 3 unspecified atom stereocenters. The van der Waals surface area contributed by atoms with Crippen LogP contribution in [0, 0.1) is 0 Å². The highest BCUT2D eigenvalue weighted by molar-refractivity contribution is 5.38. The van der Waals surface area contributed by atoms with E-state index in [0.717, 1.165) is 12.2 Å². The Balaban J connectivity index is 1.59. The van der Waals surface area contributed by atoms with E-state index in [4.69, 9.17) is 19.7 Å². The first-order valence-electron chi connectivity index (χ1n) is 7.09. The van der Waals surface area contributed by atoms with Gasteiger partial charge in [-0.1, -0.05) is 23.4 Å². The highest BCUT2D eigenvalue weighted by Crippen LogP contribution is 2.37. The lowest BCUT2D eigenvalue weighted by atomic mass is 9.86. The average molecular weight is 287 g/mol. The molecule has 1 saturated heterocycles. The van der Waals surface area contributed by atoms with Crippen LogP contribution in [0.1, 0.15) is 30.3 Å². The van der Waals surface area contributed by atoms with Gasteiger partial charge in [-0.05, 0) is 18.6 Å². The van der Waals surface area contributed by atoms with E-state index in [0.29, 0.717) is 24.9 Å². The van der Waals surface area contributed by atoms with Gasteiger partial charge >= 0.3 is 0 Å². The largest absolute Gasteiger partial charge is 0.482 e. The number of nitrogens with two attached hydrogens (primary N) is 1. The zero-order valence-electron chi connectivity index (χ0n) is 11.8. The van der Waals surface area contributed by atoms with Gasteiger partial charge in [-0.2, -0.15) is 4.98 Å². The Morgan fingerprint density at radius 3 is 2.95 bits per heavy atom. The predicted molar refractivity (Wildman–Crippen MR) is 74.0 cm³/mol. The molecular weight excluding hydrogens is 270 g/mol. The number of aromatic nitrogens is 2. The third kappa shape index (κ3) is 1.94. The minimum Gasteiger partial charge on any atom is -0.482 e. The number of para-hydroxylation sites is 1. The molecule has 2 aromatic rings.